The topological polar surface area (TPSA) is 101 Å². The van der Waals surface area contributed by atoms with E-state index in [-0.39, 0.29) is 17.7 Å². The number of aryl methyl sites for hydroxylation is 1. The summed E-state index contributed by atoms with van der Waals surface area (Å²) in [5.41, 5.74) is 1.09. The molecule has 2 aromatic rings. The second kappa shape index (κ2) is 8.90. The number of anilines is 2. The van der Waals surface area contributed by atoms with E-state index in [1.807, 2.05) is 12.1 Å². The first-order valence-corrected chi connectivity index (χ1v) is 11.5. The van der Waals surface area contributed by atoms with Crippen LogP contribution in [0.15, 0.2) is 30.6 Å². The fourth-order valence-electron chi connectivity index (χ4n) is 4.70. The molecule has 0 unspecified atom stereocenters. The van der Waals surface area contributed by atoms with Crippen molar-refractivity contribution in [1.82, 2.24) is 20.1 Å². The first-order chi connectivity index (χ1) is 15.6. The number of ether oxygens (including phenoxy) is 1. The van der Waals surface area contributed by atoms with Gasteiger partial charge in [0.1, 0.15) is 17.6 Å². The van der Waals surface area contributed by atoms with Gasteiger partial charge in [-0.25, -0.2) is 4.98 Å². The lowest BCUT2D eigenvalue weighted by molar-refractivity contribution is -0.119. The van der Waals surface area contributed by atoms with Gasteiger partial charge in [0, 0.05) is 26.3 Å². The normalized spacial score (nSPS) is 19.6. The Labute approximate surface area is 187 Å². The first-order valence-electron chi connectivity index (χ1n) is 11.5. The van der Waals surface area contributed by atoms with Crippen LogP contribution in [0.4, 0.5) is 11.5 Å². The van der Waals surface area contributed by atoms with Crippen LogP contribution in [-0.2, 0) is 16.6 Å². The van der Waals surface area contributed by atoms with Gasteiger partial charge in [-0.05, 0) is 61.6 Å². The fourth-order valence-corrected chi connectivity index (χ4v) is 4.70. The molecule has 3 aliphatic rings. The third-order valence-electron chi connectivity index (χ3n) is 6.69. The minimum atomic E-state index is -0.573. The summed E-state index contributed by atoms with van der Waals surface area (Å²) < 4.78 is 6.92. The number of pyridine rings is 1. The molecular formula is C23H30N6O3. The zero-order valence-corrected chi connectivity index (χ0v) is 18.4. The summed E-state index contributed by atoms with van der Waals surface area (Å²) in [4.78, 5) is 33.0. The number of carbonyl (C=O) groups is 2. The summed E-state index contributed by atoms with van der Waals surface area (Å²) in [7, 11) is 1.73. The molecule has 1 saturated heterocycles. The number of hydrogen-bond acceptors (Lipinski definition) is 6. The van der Waals surface area contributed by atoms with Gasteiger partial charge in [0.15, 0.2) is 0 Å². The number of hydrogen-bond donors (Lipinski definition) is 2. The van der Waals surface area contributed by atoms with Crippen molar-refractivity contribution in [3.05, 3.63) is 36.3 Å². The lowest BCUT2D eigenvalue weighted by atomic mass is 9.88. The molecule has 0 spiro atoms. The molecule has 0 bridgehead atoms. The fraction of sp³-hybridized carbons (Fsp3) is 0.565. The quantitative estimate of drug-likeness (QED) is 0.652. The predicted molar refractivity (Wildman–Crippen MR) is 119 cm³/mol. The lowest BCUT2D eigenvalue weighted by Gasteiger charge is -2.28. The minimum absolute atomic E-state index is 0.174. The summed E-state index contributed by atoms with van der Waals surface area (Å²) in [6, 6.07) is 4.89. The maximum atomic E-state index is 13.4. The Balaban J connectivity index is 1.31. The van der Waals surface area contributed by atoms with Crippen LogP contribution in [0.1, 0.15) is 36.2 Å². The van der Waals surface area contributed by atoms with Crippen molar-refractivity contribution in [2.24, 2.45) is 24.8 Å². The standard InChI is InChI=1S/C23H30N6O3/c1-28-18(8-9-25-28)22(30)27-21(20(15-2-3-15)16-4-5-16)23(31)26-17-6-7-19(24-14-17)29-10-12-32-13-11-29/h6-9,14-16,20-21H,2-5,10-13H2,1H3,(H,26,31)(H,27,30)/t21-/m0/s1. The van der Waals surface area contributed by atoms with E-state index >= 15 is 0 Å². The average molecular weight is 439 g/mol. The number of carbonyl (C=O) groups excluding carboxylic acids is 2. The molecule has 9 nitrogen and oxygen atoms in total. The Bertz CT molecular complexity index is 948. The number of amides is 2. The largest absolute Gasteiger partial charge is 0.378 e. The van der Waals surface area contributed by atoms with Crippen LogP contribution in [0.2, 0.25) is 0 Å². The molecule has 2 saturated carbocycles. The summed E-state index contributed by atoms with van der Waals surface area (Å²) in [5.74, 6) is 1.62. The molecule has 2 aliphatic carbocycles. The van der Waals surface area contributed by atoms with E-state index < -0.39 is 6.04 Å². The van der Waals surface area contributed by atoms with Gasteiger partial charge in [-0.15, -0.1) is 0 Å². The average Bonchev–Trinajstić information content (AvgIpc) is 3.74. The maximum absolute atomic E-state index is 13.4. The summed E-state index contributed by atoms with van der Waals surface area (Å²) in [5, 5.41) is 10.1. The van der Waals surface area contributed by atoms with Gasteiger partial charge in [0.2, 0.25) is 5.91 Å². The summed E-state index contributed by atoms with van der Waals surface area (Å²) in [6.45, 7) is 3.01. The van der Waals surface area contributed by atoms with E-state index in [4.69, 9.17) is 4.74 Å². The second-order valence-electron chi connectivity index (χ2n) is 9.04. The van der Waals surface area contributed by atoms with Crippen molar-refractivity contribution >= 4 is 23.3 Å². The number of nitrogens with one attached hydrogen (secondary N) is 2. The number of rotatable bonds is 8. The SMILES string of the molecule is Cn1nccc1C(=O)N[C@H](C(=O)Nc1ccc(N2CCOCC2)nc1)C(C1CC1)C1CC1. The predicted octanol–water partition coefficient (Wildman–Crippen LogP) is 1.82. The molecular weight excluding hydrogens is 408 g/mol. The van der Waals surface area contributed by atoms with Crippen molar-refractivity contribution < 1.29 is 14.3 Å². The van der Waals surface area contributed by atoms with Crippen molar-refractivity contribution in [2.45, 2.75) is 31.7 Å². The molecule has 9 heteroatoms. The number of aromatic nitrogens is 3. The van der Waals surface area contributed by atoms with Crippen molar-refractivity contribution in [1.29, 1.82) is 0 Å². The molecule has 170 valence electrons. The molecule has 2 aromatic heterocycles. The van der Waals surface area contributed by atoms with Crippen LogP contribution >= 0.6 is 0 Å². The Kier molecular flexibility index (Phi) is 5.82. The molecule has 0 aromatic carbocycles. The number of morpholine rings is 1. The van der Waals surface area contributed by atoms with Gasteiger partial charge in [-0.2, -0.15) is 5.10 Å². The van der Waals surface area contributed by atoms with Crippen molar-refractivity contribution in [2.75, 3.05) is 36.5 Å². The minimum Gasteiger partial charge on any atom is -0.378 e. The zero-order valence-electron chi connectivity index (χ0n) is 18.4. The van der Waals surface area contributed by atoms with Crippen LogP contribution in [-0.4, -0.2) is 58.9 Å². The van der Waals surface area contributed by atoms with Gasteiger partial charge in [-0.1, -0.05) is 0 Å². The van der Waals surface area contributed by atoms with E-state index in [0.29, 0.717) is 36.4 Å². The third kappa shape index (κ3) is 4.62. The highest BCUT2D eigenvalue weighted by Gasteiger charge is 2.48. The van der Waals surface area contributed by atoms with Crippen molar-refractivity contribution in [3.8, 4) is 0 Å². The Hall–Kier alpha value is -2.94. The smallest absolute Gasteiger partial charge is 0.270 e. The van der Waals surface area contributed by atoms with Gasteiger partial charge in [-0.3, -0.25) is 14.3 Å². The first kappa shape index (κ1) is 20.9. The molecule has 2 amide bonds. The highest BCUT2D eigenvalue weighted by molar-refractivity contribution is 6.00. The van der Waals surface area contributed by atoms with Crippen molar-refractivity contribution in [3.63, 3.8) is 0 Å². The maximum Gasteiger partial charge on any atom is 0.270 e. The highest BCUT2D eigenvalue weighted by atomic mass is 16.5. The van der Waals surface area contributed by atoms with Crippen LogP contribution in [0.5, 0.6) is 0 Å². The third-order valence-corrected chi connectivity index (χ3v) is 6.69. The van der Waals surface area contributed by atoms with Crippen LogP contribution < -0.4 is 15.5 Å². The lowest BCUT2D eigenvalue weighted by Crippen LogP contribution is -2.50. The van der Waals surface area contributed by atoms with Gasteiger partial charge in [0.25, 0.3) is 5.91 Å². The molecule has 0 radical (unpaired) electrons. The van der Waals surface area contributed by atoms with E-state index in [9.17, 15) is 9.59 Å². The van der Waals surface area contributed by atoms with Gasteiger partial charge in [0.05, 0.1) is 25.1 Å². The summed E-state index contributed by atoms with van der Waals surface area (Å²) in [6.07, 6.45) is 7.78. The van der Waals surface area contributed by atoms with E-state index in [2.05, 4.69) is 25.6 Å². The second-order valence-corrected chi connectivity index (χ2v) is 9.04. The molecule has 3 fully saturated rings. The van der Waals surface area contributed by atoms with E-state index in [1.54, 1.807) is 25.5 Å². The molecule has 3 heterocycles. The molecule has 2 N–H and O–H groups in total. The van der Waals surface area contributed by atoms with E-state index in [1.165, 1.54) is 4.68 Å². The zero-order chi connectivity index (χ0) is 22.1. The highest BCUT2D eigenvalue weighted by Crippen LogP contribution is 2.50. The molecule has 1 aliphatic heterocycles. The van der Waals surface area contributed by atoms with Crippen LogP contribution in [0, 0.1) is 17.8 Å². The molecule has 32 heavy (non-hydrogen) atoms. The summed E-state index contributed by atoms with van der Waals surface area (Å²) >= 11 is 0. The Morgan fingerprint density at radius 2 is 1.81 bits per heavy atom. The van der Waals surface area contributed by atoms with Crippen LogP contribution in [0.25, 0.3) is 0 Å². The van der Waals surface area contributed by atoms with Crippen LogP contribution in [0.3, 0.4) is 0 Å². The number of nitrogens with zero attached hydrogens (tertiary/aromatic N) is 4. The van der Waals surface area contributed by atoms with Gasteiger partial charge < -0.3 is 20.3 Å². The monoisotopic (exact) mass is 438 g/mol. The molecule has 5 rings (SSSR count). The van der Waals surface area contributed by atoms with Gasteiger partial charge >= 0.3 is 0 Å². The Morgan fingerprint density at radius 3 is 2.38 bits per heavy atom. The molecule has 1 atom stereocenters. The van der Waals surface area contributed by atoms with E-state index in [0.717, 1.165) is 44.6 Å². The Morgan fingerprint density at radius 1 is 1.09 bits per heavy atom.